The Labute approximate surface area is 129 Å². The van der Waals surface area contributed by atoms with Gasteiger partial charge in [0.2, 0.25) is 0 Å². The van der Waals surface area contributed by atoms with Gasteiger partial charge in [0, 0.05) is 5.56 Å². The average Bonchev–Trinajstić information content (AvgIpc) is 2.44. The lowest BCUT2D eigenvalue weighted by Gasteiger charge is -2.14. The lowest BCUT2D eigenvalue weighted by molar-refractivity contribution is 0.296. The minimum absolute atomic E-state index is 0.119. The molecule has 0 amide bonds. The number of nitrogens with two attached hydrogens (primary N) is 1. The molecule has 0 bridgehead atoms. The first-order chi connectivity index (χ1) is 10.0. The van der Waals surface area contributed by atoms with E-state index in [1.165, 1.54) is 0 Å². The molecular weight excluding hydrogens is 288 g/mol. The van der Waals surface area contributed by atoms with Crippen molar-refractivity contribution in [3.05, 3.63) is 58.1 Å². The van der Waals surface area contributed by atoms with Crippen LogP contribution in [0.25, 0.3) is 0 Å². The van der Waals surface area contributed by atoms with Crippen LogP contribution in [0.1, 0.15) is 16.7 Å². The summed E-state index contributed by atoms with van der Waals surface area (Å²) in [4.78, 5) is 0. The molecule has 21 heavy (non-hydrogen) atoms. The number of methoxy groups -OCH3 is 1. The molecule has 0 saturated carbocycles. The molecule has 0 atom stereocenters. The second kappa shape index (κ2) is 6.50. The SMILES string of the molecule is COc1ccc(C)cc1COc1cccc(Cl)c1C(=N)N. The van der Waals surface area contributed by atoms with E-state index in [-0.39, 0.29) is 5.84 Å². The van der Waals surface area contributed by atoms with E-state index in [2.05, 4.69) is 0 Å². The molecule has 0 fully saturated rings. The fourth-order valence-corrected chi connectivity index (χ4v) is 2.33. The fourth-order valence-electron chi connectivity index (χ4n) is 2.06. The van der Waals surface area contributed by atoms with Crippen LogP contribution in [0.4, 0.5) is 0 Å². The third-order valence-corrected chi connectivity index (χ3v) is 3.38. The van der Waals surface area contributed by atoms with Gasteiger partial charge in [0.05, 0.1) is 17.7 Å². The topological polar surface area (TPSA) is 68.3 Å². The zero-order chi connectivity index (χ0) is 15.4. The molecule has 2 aromatic rings. The molecule has 110 valence electrons. The summed E-state index contributed by atoms with van der Waals surface area (Å²) >= 11 is 6.06. The Bertz CT molecular complexity index is 671. The highest BCUT2D eigenvalue weighted by atomic mass is 35.5. The van der Waals surface area contributed by atoms with Crippen LogP contribution in [0, 0.1) is 12.3 Å². The van der Waals surface area contributed by atoms with Crippen LogP contribution in [0.2, 0.25) is 5.02 Å². The van der Waals surface area contributed by atoms with Crippen molar-refractivity contribution >= 4 is 17.4 Å². The first-order valence-electron chi connectivity index (χ1n) is 6.42. The van der Waals surface area contributed by atoms with E-state index in [0.29, 0.717) is 22.9 Å². The first kappa shape index (κ1) is 15.2. The van der Waals surface area contributed by atoms with Crippen molar-refractivity contribution in [1.29, 1.82) is 5.41 Å². The second-order valence-corrected chi connectivity index (χ2v) is 5.04. The van der Waals surface area contributed by atoms with Gasteiger partial charge in [0.25, 0.3) is 0 Å². The standard InChI is InChI=1S/C16H17ClN2O2/c1-10-6-7-13(20-2)11(8-10)9-21-14-5-3-4-12(17)15(14)16(18)19/h3-8H,9H2,1-2H3,(H3,18,19). The molecule has 0 aromatic heterocycles. The van der Waals surface area contributed by atoms with Crippen LogP contribution < -0.4 is 15.2 Å². The lowest BCUT2D eigenvalue weighted by atomic mass is 10.1. The van der Waals surface area contributed by atoms with E-state index in [9.17, 15) is 0 Å². The van der Waals surface area contributed by atoms with Crippen LogP contribution >= 0.6 is 11.6 Å². The fraction of sp³-hybridized carbons (Fsp3) is 0.188. The Hall–Kier alpha value is -2.20. The highest BCUT2D eigenvalue weighted by molar-refractivity contribution is 6.34. The molecule has 2 aromatic carbocycles. The molecule has 3 N–H and O–H groups in total. The van der Waals surface area contributed by atoms with Gasteiger partial charge in [-0.15, -0.1) is 0 Å². The molecule has 0 spiro atoms. The molecule has 0 saturated heterocycles. The highest BCUT2D eigenvalue weighted by Gasteiger charge is 2.12. The van der Waals surface area contributed by atoms with E-state index in [0.717, 1.165) is 16.9 Å². The van der Waals surface area contributed by atoms with Crippen molar-refractivity contribution in [2.24, 2.45) is 5.73 Å². The largest absolute Gasteiger partial charge is 0.496 e. The minimum atomic E-state index is -0.119. The quantitative estimate of drug-likeness (QED) is 0.656. The predicted octanol–water partition coefficient (Wildman–Crippen LogP) is 3.52. The van der Waals surface area contributed by atoms with E-state index in [1.54, 1.807) is 25.3 Å². The molecule has 0 aliphatic rings. The van der Waals surface area contributed by atoms with Crippen LogP contribution in [0.15, 0.2) is 36.4 Å². The van der Waals surface area contributed by atoms with Crippen molar-refractivity contribution in [3.8, 4) is 11.5 Å². The summed E-state index contributed by atoms with van der Waals surface area (Å²) in [6.45, 7) is 2.31. The monoisotopic (exact) mass is 304 g/mol. The van der Waals surface area contributed by atoms with E-state index < -0.39 is 0 Å². The van der Waals surface area contributed by atoms with Gasteiger partial charge in [-0.3, -0.25) is 5.41 Å². The van der Waals surface area contributed by atoms with Gasteiger partial charge in [-0.2, -0.15) is 0 Å². The number of ether oxygens (including phenoxy) is 2. The molecule has 0 radical (unpaired) electrons. The normalized spacial score (nSPS) is 10.2. The number of nitrogen functional groups attached to an aromatic ring is 1. The summed E-state index contributed by atoms with van der Waals surface area (Å²) in [5.74, 6) is 1.12. The Balaban J connectivity index is 2.27. The molecule has 0 aliphatic carbocycles. The van der Waals surface area contributed by atoms with Gasteiger partial charge in [-0.05, 0) is 31.2 Å². The molecule has 2 rings (SSSR count). The number of amidine groups is 1. The van der Waals surface area contributed by atoms with Gasteiger partial charge in [0.1, 0.15) is 23.9 Å². The van der Waals surface area contributed by atoms with Gasteiger partial charge >= 0.3 is 0 Å². The molecule has 0 heterocycles. The van der Waals surface area contributed by atoms with Gasteiger partial charge in [-0.25, -0.2) is 0 Å². The molecule has 4 nitrogen and oxygen atoms in total. The Morgan fingerprint density at radius 1 is 1.24 bits per heavy atom. The average molecular weight is 305 g/mol. The third kappa shape index (κ3) is 3.47. The number of benzene rings is 2. The molecule has 0 aliphatic heterocycles. The predicted molar refractivity (Wildman–Crippen MR) is 84.5 cm³/mol. The lowest BCUT2D eigenvalue weighted by Crippen LogP contribution is -2.14. The van der Waals surface area contributed by atoms with Crippen molar-refractivity contribution in [2.45, 2.75) is 13.5 Å². The summed E-state index contributed by atoms with van der Waals surface area (Å²) in [5, 5.41) is 8.00. The van der Waals surface area contributed by atoms with Crippen LogP contribution in [0.3, 0.4) is 0 Å². The van der Waals surface area contributed by atoms with Gasteiger partial charge in [0.15, 0.2) is 0 Å². The van der Waals surface area contributed by atoms with E-state index >= 15 is 0 Å². The van der Waals surface area contributed by atoms with Crippen molar-refractivity contribution in [2.75, 3.05) is 7.11 Å². The van der Waals surface area contributed by atoms with Crippen molar-refractivity contribution in [3.63, 3.8) is 0 Å². The van der Waals surface area contributed by atoms with Crippen LogP contribution in [0.5, 0.6) is 11.5 Å². The smallest absolute Gasteiger partial charge is 0.132 e. The first-order valence-corrected chi connectivity index (χ1v) is 6.80. The molecular formula is C16H17ClN2O2. The molecule has 5 heteroatoms. The number of aryl methyl sites for hydroxylation is 1. The number of rotatable bonds is 5. The van der Waals surface area contributed by atoms with Crippen molar-refractivity contribution < 1.29 is 9.47 Å². The zero-order valence-electron chi connectivity index (χ0n) is 11.9. The van der Waals surface area contributed by atoms with E-state index in [4.69, 9.17) is 32.2 Å². The number of nitrogens with one attached hydrogen (secondary N) is 1. The summed E-state index contributed by atoms with van der Waals surface area (Å²) in [6.07, 6.45) is 0. The minimum Gasteiger partial charge on any atom is -0.496 e. The van der Waals surface area contributed by atoms with Gasteiger partial charge in [-0.1, -0.05) is 29.3 Å². The maximum absolute atomic E-state index is 7.60. The third-order valence-electron chi connectivity index (χ3n) is 3.06. The van der Waals surface area contributed by atoms with Crippen molar-refractivity contribution in [1.82, 2.24) is 0 Å². The summed E-state index contributed by atoms with van der Waals surface area (Å²) in [7, 11) is 1.62. The summed E-state index contributed by atoms with van der Waals surface area (Å²) in [5.41, 5.74) is 8.01. The Kier molecular flexibility index (Phi) is 4.70. The summed E-state index contributed by atoms with van der Waals surface area (Å²) in [6, 6.07) is 11.1. The van der Waals surface area contributed by atoms with Gasteiger partial charge < -0.3 is 15.2 Å². The molecule has 0 unspecified atom stereocenters. The Morgan fingerprint density at radius 2 is 2.00 bits per heavy atom. The van der Waals surface area contributed by atoms with Crippen LogP contribution in [-0.2, 0) is 6.61 Å². The highest BCUT2D eigenvalue weighted by Crippen LogP contribution is 2.28. The van der Waals surface area contributed by atoms with Crippen LogP contribution in [-0.4, -0.2) is 12.9 Å². The van der Waals surface area contributed by atoms with E-state index in [1.807, 2.05) is 25.1 Å². The summed E-state index contributed by atoms with van der Waals surface area (Å²) < 4.78 is 11.1. The number of hydrogen-bond donors (Lipinski definition) is 2. The maximum atomic E-state index is 7.60. The second-order valence-electron chi connectivity index (χ2n) is 4.63. The zero-order valence-corrected chi connectivity index (χ0v) is 12.7. The maximum Gasteiger partial charge on any atom is 0.132 e. The number of halogens is 1. The Morgan fingerprint density at radius 3 is 2.67 bits per heavy atom. The number of hydrogen-bond acceptors (Lipinski definition) is 3.